The Kier molecular flexibility index (Phi) is 12.8. The predicted molar refractivity (Wildman–Crippen MR) is 241 cm³/mol. The fraction of sp³-hybridized carbons (Fsp3) is 0.522. The van der Waals surface area contributed by atoms with E-state index in [4.69, 9.17) is 0 Å². The molecule has 62 heavy (non-hydrogen) atoms. The number of thiazole rings is 1. The van der Waals surface area contributed by atoms with E-state index in [1.807, 2.05) is 82.6 Å². The fourth-order valence-corrected chi connectivity index (χ4v) is 10.3. The van der Waals surface area contributed by atoms with Crippen molar-refractivity contribution in [1.82, 2.24) is 40.5 Å². The summed E-state index contributed by atoms with van der Waals surface area (Å²) in [4.78, 5) is 55.7. The molecule has 5 N–H and O–H groups in total. The van der Waals surface area contributed by atoms with Gasteiger partial charge in [-0.25, -0.2) is 4.98 Å². The smallest absolute Gasteiger partial charge is 0.246 e. The van der Waals surface area contributed by atoms with Crippen LogP contribution in [0.5, 0.6) is 5.75 Å². The Morgan fingerprint density at radius 1 is 0.968 bits per heavy atom. The molecule has 15 nitrogen and oxygen atoms in total. The van der Waals surface area contributed by atoms with Gasteiger partial charge in [0.1, 0.15) is 17.8 Å². The molecule has 3 fully saturated rings. The number of aromatic nitrogens is 3. The Balaban J connectivity index is 0.812. The number of anilines is 2. The summed E-state index contributed by atoms with van der Waals surface area (Å²) in [5.74, 6) is 0.565. The zero-order chi connectivity index (χ0) is 43.7. The van der Waals surface area contributed by atoms with Gasteiger partial charge in [0.05, 0.1) is 52.2 Å². The summed E-state index contributed by atoms with van der Waals surface area (Å²) >= 11 is 1.59. The number of aromatic hydroxyl groups is 1. The molecular formula is C46H60N10O5S. The van der Waals surface area contributed by atoms with Gasteiger partial charge in [-0.15, -0.1) is 21.5 Å². The maximum atomic E-state index is 14.3. The Hall–Kier alpha value is -5.16. The molecule has 8 rings (SSSR count). The summed E-state index contributed by atoms with van der Waals surface area (Å²) in [6.45, 7) is 16.0. The summed E-state index contributed by atoms with van der Waals surface area (Å²) in [5.41, 5.74) is 6.50. The van der Waals surface area contributed by atoms with Crippen molar-refractivity contribution in [3.8, 4) is 27.4 Å². The van der Waals surface area contributed by atoms with Gasteiger partial charge in [-0.2, -0.15) is 0 Å². The zero-order valence-corrected chi connectivity index (χ0v) is 37.2. The van der Waals surface area contributed by atoms with Gasteiger partial charge in [0.25, 0.3) is 0 Å². The number of aryl methyl sites for hydroxylation is 1. The number of aliphatic hydroxyl groups is 1. The molecule has 0 bridgehead atoms. The number of piperidine rings is 1. The Morgan fingerprint density at radius 2 is 1.73 bits per heavy atom. The van der Waals surface area contributed by atoms with Crippen LogP contribution >= 0.6 is 11.3 Å². The number of piperazine rings is 1. The molecule has 0 radical (unpaired) electrons. The van der Waals surface area contributed by atoms with Gasteiger partial charge in [-0.05, 0) is 80.4 Å². The monoisotopic (exact) mass is 864 g/mol. The second-order valence-electron chi connectivity index (χ2n) is 18.6. The minimum absolute atomic E-state index is 0.0268. The summed E-state index contributed by atoms with van der Waals surface area (Å²) in [5, 5.41) is 39.6. The van der Waals surface area contributed by atoms with Crippen molar-refractivity contribution in [1.29, 1.82) is 0 Å². The van der Waals surface area contributed by atoms with Crippen LogP contribution in [0.25, 0.3) is 21.7 Å². The van der Waals surface area contributed by atoms with Gasteiger partial charge in [0.2, 0.25) is 17.7 Å². The number of likely N-dealkylation sites (tertiary alicyclic amines) is 2. The number of nitrogens with one attached hydrogen (secondary N) is 3. The van der Waals surface area contributed by atoms with Crippen LogP contribution in [0.3, 0.4) is 0 Å². The van der Waals surface area contributed by atoms with E-state index in [2.05, 4.69) is 45.8 Å². The number of rotatable bonds is 11. The summed E-state index contributed by atoms with van der Waals surface area (Å²) < 4.78 is 0. The Bertz CT molecular complexity index is 2240. The Labute approximate surface area is 367 Å². The van der Waals surface area contributed by atoms with Crippen molar-refractivity contribution in [3.63, 3.8) is 0 Å². The molecule has 4 aliphatic heterocycles. The van der Waals surface area contributed by atoms with Crippen LogP contribution < -0.4 is 20.9 Å². The molecule has 4 aliphatic rings. The maximum absolute atomic E-state index is 14.3. The van der Waals surface area contributed by atoms with Gasteiger partial charge >= 0.3 is 0 Å². The topological polar surface area (TPSA) is 179 Å². The third kappa shape index (κ3) is 9.58. The second-order valence-corrected chi connectivity index (χ2v) is 19.4. The lowest BCUT2D eigenvalue weighted by molar-refractivity contribution is -0.144. The van der Waals surface area contributed by atoms with Crippen LogP contribution in [0, 0.1) is 18.3 Å². The molecule has 2 aromatic carbocycles. The Morgan fingerprint density at radius 3 is 2.44 bits per heavy atom. The second kappa shape index (κ2) is 18.3. The molecule has 5 atom stereocenters. The van der Waals surface area contributed by atoms with Crippen LogP contribution in [-0.4, -0.2) is 141 Å². The van der Waals surface area contributed by atoms with Crippen molar-refractivity contribution in [2.75, 3.05) is 69.1 Å². The van der Waals surface area contributed by atoms with Gasteiger partial charge < -0.3 is 36.0 Å². The van der Waals surface area contributed by atoms with Crippen molar-refractivity contribution < 1.29 is 24.6 Å². The SMILES string of the molecule is Cc1ncsc1-c1ccc([C@H](C)NC(=O)[C@@H]2C[C@@H](O)CN2C(=O)[C@@H](NC(=O)CN2CCC(CN3CCN4c5cc(-c6ccccc6O)nnc5NC[C@@H]4C3)CC2)C(C)(C)C)cc1. The number of β-amino-alcohol motifs (C(OH)–C–C–N with tert-alkyl or cyclic N) is 1. The molecule has 330 valence electrons. The van der Waals surface area contributed by atoms with E-state index in [-0.39, 0.29) is 49.0 Å². The van der Waals surface area contributed by atoms with Crippen LogP contribution in [-0.2, 0) is 14.4 Å². The molecule has 0 saturated carbocycles. The van der Waals surface area contributed by atoms with E-state index < -0.39 is 23.6 Å². The molecule has 6 heterocycles. The molecule has 2 aromatic heterocycles. The normalized spacial score (nSPS) is 22.0. The number of nitrogens with zero attached hydrogens (tertiary/aromatic N) is 7. The third-order valence-corrected chi connectivity index (χ3v) is 14.0. The van der Waals surface area contributed by atoms with Crippen molar-refractivity contribution in [2.45, 2.75) is 84.2 Å². The highest BCUT2D eigenvalue weighted by Gasteiger charge is 2.45. The van der Waals surface area contributed by atoms with Crippen molar-refractivity contribution in [2.24, 2.45) is 11.3 Å². The average Bonchev–Trinajstić information content (AvgIpc) is 3.87. The van der Waals surface area contributed by atoms with E-state index in [1.165, 1.54) is 4.90 Å². The van der Waals surface area contributed by atoms with Crippen LogP contribution in [0.15, 0.2) is 60.1 Å². The van der Waals surface area contributed by atoms with E-state index in [9.17, 15) is 24.6 Å². The van der Waals surface area contributed by atoms with E-state index in [0.29, 0.717) is 23.2 Å². The number of phenols is 1. The number of aliphatic hydroxyl groups excluding tert-OH is 1. The number of benzene rings is 2. The predicted octanol–water partition coefficient (Wildman–Crippen LogP) is 4.28. The molecule has 0 aliphatic carbocycles. The molecular weight excluding hydrogens is 805 g/mol. The van der Waals surface area contributed by atoms with Crippen molar-refractivity contribution in [3.05, 3.63) is 71.4 Å². The highest BCUT2D eigenvalue weighted by Crippen LogP contribution is 2.37. The maximum Gasteiger partial charge on any atom is 0.246 e. The number of hydrogen-bond donors (Lipinski definition) is 5. The zero-order valence-electron chi connectivity index (χ0n) is 36.4. The molecule has 16 heteroatoms. The lowest BCUT2D eigenvalue weighted by Crippen LogP contribution is -2.59. The number of amides is 3. The molecule has 0 unspecified atom stereocenters. The van der Waals surface area contributed by atoms with Crippen LogP contribution in [0.4, 0.5) is 11.5 Å². The van der Waals surface area contributed by atoms with E-state index in [1.54, 1.807) is 23.5 Å². The quantitative estimate of drug-likeness (QED) is 0.145. The standard InChI is InChI=1S/C46H60N10O5S/c1-28(31-10-12-32(13-11-31)41-29(2)48-27-62-41)49-44(60)38-20-34(57)25-56(38)45(61)42(46(3,4)5)50-40(59)26-53-16-14-30(15-17-53)23-54-18-19-55-33(24-54)22-47-43-37(55)21-36(51-52-43)35-8-6-7-9-39(35)58/h6-13,21,27-28,30,33-34,38,42,57-58H,14-20,22-26H2,1-5H3,(H,47,52)(H,49,60)(H,50,59)/t28-,33+,34+,38-,42+/m0/s1. The lowest BCUT2D eigenvalue weighted by Gasteiger charge is -2.47. The van der Waals surface area contributed by atoms with Gasteiger partial charge in [-0.3, -0.25) is 24.2 Å². The number of carbonyl (C=O) groups excluding carboxylic acids is 3. The number of fused-ring (bicyclic) bond motifs is 3. The first-order valence-electron chi connectivity index (χ1n) is 21.9. The minimum Gasteiger partial charge on any atom is -0.507 e. The van der Waals surface area contributed by atoms with E-state index in [0.717, 1.165) is 91.9 Å². The third-order valence-electron chi connectivity index (χ3n) is 13.0. The molecule has 3 saturated heterocycles. The highest BCUT2D eigenvalue weighted by atomic mass is 32.1. The highest BCUT2D eigenvalue weighted by molar-refractivity contribution is 7.13. The van der Waals surface area contributed by atoms with Gasteiger partial charge in [-0.1, -0.05) is 57.2 Å². The van der Waals surface area contributed by atoms with E-state index >= 15 is 0 Å². The number of phenolic OH excluding ortho intramolecular Hbond substituents is 1. The molecule has 0 spiro atoms. The first-order chi connectivity index (χ1) is 29.7. The summed E-state index contributed by atoms with van der Waals surface area (Å²) in [6, 6.07) is 15.5. The first kappa shape index (κ1) is 43.5. The fourth-order valence-electron chi connectivity index (χ4n) is 9.46. The van der Waals surface area contributed by atoms with Crippen LogP contribution in [0.2, 0.25) is 0 Å². The average molecular weight is 865 g/mol. The van der Waals surface area contributed by atoms with Crippen LogP contribution in [0.1, 0.15) is 64.3 Å². The molecule has 4 aromatic rings. The summed E-state index contributed by atoms with van der Waals surface area (Å²) in [6.07, 6.45) is 1.25. The van der Waals surface area contributed by atoms with Gasteiger partial charge in [0, 0.05) is 51.3 Å². The number of para-hydroxylation sites is 1. The van der Waals surface area contributed by atoms with Gasteiger partial charge in [0.15, 0.2) is 5.82 Å². The summed E-state index contributed by atoms with van der Waals surface area (Å²) in [7, 11) is 0. The number of hydrogen-bond acceptors (Lipinski definition) is 13. The first-order valence-corrected chi connectivity index (χ1v) is 22.8. The van der Waals surface area contributed by atoms with Crippen molar-refractivity contribution >= 4 is 40.6 Å². The molecule has 3 amide bonds. The number of carbonyl (C=O) groups is 3. The minimum atomic E-state index is -0.877. The lowest BCUT2D eigenvalue weighted by atomic mass is 9.85. The largest absolute Gasteiger partial charge is 0.507 e.